The molecule has 1 unspecified atom stereocenters. The number of para-hydroxylation sites is 1. The summed E-state index contributed by atoms with van der Waals surface area (Å²) in [4.78, 5) is 0. The lowest BCUT2D eigenvalue weighted by atomic mass is 9.96. The first-order chi connectivity index (χ1) is 9.29. The van der Waals surface area contributed by atoms with Crippen molar-refractivity contribution >= 4 is 0 Å². The predicted octanol–water partition coefficient (Wildman–Crippen LogP) is 2.48. The Morgan fingerprint density at radius 1 is 1.16 bits per heavy atom. The molecule has 0 aromatic heterocycles. The summed E-state index contributed by atoms with van der Waals surface area (Å²) >= 11 is 0. The van der Waals surface area contributed by atoms with E-state index in [9.17, 15) is 0 Å². The summed E-state index contributed by atoms with van der Waals surface area (Å²) in [7, 11) is 0. The standard InChI is InChI=1S/C16H18N2O/c1-11-5-7-12(8-6-11)15(18-17)14-4-2-3-13-9-10-19-16(13)14/h2-8,15,18H,9-10,17H2,1H3. The summed E-state index contributed by atoms with van der Waals surface area (Å²) in [6, 6.07) is 14.6. The molecule has 19 heavy (non-hydrogen) atoms. The monoisotopic (exact) mass is 254 g/mol. The van der Waals surface area contributed by atoms with E-state index in [0.717, 1.165) is 29.9 Å². The van der Waals surface area contributed by atoms with Crippen LogP contribution >= 0.6 is 0 Å². The largest absolute Gasteiger partial charge is 0.493 e. The molecule has 0 spiro atoms. The van der Waals surface area contributed by atoms with Crippen LogP contribution in [0.25, 0.3) is 0 Å². The molecule has 0 fully saturated rings. The Hall–Kier alpha value is -1.84. The van der Waals surface area contributed by atoms with Crippen molar-refractivity contribution in [1.29, 1.82) is 0 Å². The van der Waals surface area contributed by atoms with Crippen LogP contribution in [0.4, 0.5) is 0 Å². The molecule has 1 heterocycles. The molecule has 0 radical (unpaired) electrons. The fraction of sp³-hybridized carbons (Fsp3) is 0.250. The Labute approximate surface area is 113 Å². The first-order valence-corrected chi connectivity index (χ1v) is 6.57. The molecule has 0 amide bonds. The van der Waals surface area contributed by atoms with E-state index in [0.29, 0.717) is 0 Å². The smallest absolute Gasteiger partial charge is 0.127 e. The van der Waals surface area contributed by atoms with E-state index >= 15 is 0 Å². The maximum atomic E-state index is 5.76. The van der Waals surface area contributed by atoms with E-state index in [1.165, 1.54) is 11.1 Å². The highest BCUT2D eigenvalue weighted by molar-refractivity contribution is 5.48. The van der Waals surface area contributed by atoms with E-state index in [4.69, 9.17) is 10.6 Å². The predicted molar refractivity (Wildman–Crippen MR) is 76.0 cm³/mol. The molecule has 0 saturated heterocycles. The molecule has 3 rings (SSSR count). The second-order valence-corrected chi connectivity index (χ2v) is 4.94. The average molecular weight is 254 g/mol. The van der Waals surface area contributed by atoms with Crippen LogP contribution in [0.5, 0.6) is 5.75 Å². The van der Waals surface area contributed by atoms with Crippen LogP contribution < -0.4 is 16.0 Å². The van der Waals surface area contributed by atoms with Crippen molar-refractivity contribution < 1.29 is 4.74 Å². The number of nitrogens with one attached hydrogen (secondary N) is 1. The molecule has 0 saturated carbocycles. The van der Waals surface area contributed by atoms with Gasteiger partial charge in [0.1, 0.15) is 5.75 Å². The third kappa shape index (κ3) is 2.23. The van der Waals surface area contributed by atoms with Crippen LogP contribution in [-0.4, -0.2) is 6.61 Å². The van der Waals surface area contributed by atoms with Gasteiger partial charge >= 0.3 is 0 Å². The molecule has 3 N–H and O–H groups in total. The van der Waals surface area contributed by atoms with Gasteiger partial charge in [0.05, 0.1) is 12.6 Å². The van der Waals surface area contributed by atoms with Gasteiger partial charge in [0.25, 0.3) is 0 Å². The molecule has 1 aliphatic rings. The van der Waals surface area contributed by atoms with Gasteiger partial charge in [-0.3, -0.25) is 5.84 Å². The molecular formula is C16H18N2O. The van der Waals surface area contributed by atoms with Gasteiger partial charge < -0.3 is 4.74 Å². The molecule has 0 aliphatic carbocycles. The van der Waals surface area contributed by atoms with Gasteiger partial charge in [0.15, 0.2) is 0 Å². The van der Waals surface area contributed by atoms with E-state index in [1.807, 2.05) is 0 Å². The molecule has 2 aromatic rings. The fourth-order valence-corrected chi connectivity index (χ4v) is 2.59. The Morgan fingerprint density at radius 3 is 2.68 bits per heavy atom. The van der Waals surface area contributed by atoms with Crippen molar-refractivity contribution in [3.8, 4) is 5.75 Å². The van der Waals surface area contributed by atoms with Crippen LogP contribution in [0.3, 0.4) is 0 Å². The third-order valence-corrected chi connectivity index (χ3v) is 3.63. The normalized spacial score (nSPS) is 14.8. The van der Waals surface area contributed by atoms with Crippen molar-refractivity contribution in [1.82, 2.24) is 5.43 Å². The average Bonchev–Trinajstić information content (AvgIpc) is 2.91. The lowest BCUT2D eigenvalue weighted by Crippen LogP contribution is -2.29. The molecule has 3 heteroatoms. The number of hydrogen-bond acceptors (Lipinski definition) is 3. The van der Waals surface area contributed by atoms with Crippen LogP contribution in [0.2, 0.25) is 0 Å². The van der Waals surface area contributed by atoms with E-state index < -0.39 is 0 Å². The number of aryl methyl sites for hydroxylation is 1. The fourth-order valence-electron chi connectivity index (χ4n) is 2.59. The summed E-state index contributed by atoms with van der Waals surface area (Å²) in [5.74, 6) is 6.76. The number of hydrogen-bond donors (Lipinski definition) is 2. The molecule has 3 nitrogen and oxygen atoms in total. The van der Waals surface area contributed by atoms with Crippen LogP contribution in [-0.2, 0) is 6.42 Å². The molecule has 2 aromatic carbocycles. The number of benzene rings is 2. The molecular weight excluding hydrogens is 236 g/mol. The Kier molecular flexibility index (Phi) is 3.23. The Bertz CT molecular complexity index is 578. The van der Waals surface area contributed by atoms with Gasteiger partial charge in [-0.25, -0.2) is 5.43 Å². The van der Waals surface area contributed by atoms with E-state index in [2.05, 4.69) is 54.8 Å². The van der Waals surface area contributed by atoms with Gasteiger partial charge in [-0.15, -0.1) is 0 Å². The minimum absolute atomic E-state index is 0.0337. The maximum absolute atomic E-state index is 5.76. The second kappa shape index (κ2) is 5.03. The highest BCUT2D eigenvalue weighted by Gasteiger charge is 2.22. The van der Waals surface area contributed by atoms with E-state index in [1.54, 1.807) is 0 Å². The lowest BCUT2D eigenvalue weighted by Gasteiger charge is -2.19. The van der Waals surface area contributed by atoms with Gasteiger partial charge in [-0.2, -0.15) is 0 Å². The van der Waals surface area contributed by atoms with Crippen molar-refractivity contribution in [2.24, 2.45) is 5.84 Å². The zero-order valence-electron chi connectivity index (χ0n) is 11.0. The summed E-state index contributed by atoms with van der Waals surface area (Å²) < 4.78 is 5.76. The topological polar surface area (TPSA) is 47.3 Å². The number of fused-ring (bicyclic) bond motifs is 1. The lowest BCUT2D eigenvalue weighted by molar-refractivity contribution is 0.350. The van der Waals surface area contributed by atoms with Crippen molar-refractivity contribution in [3.63, 3.8) is 0 Å². The highest BCUT2D eigenvalue weighted by Crippen LogP contribution is 2.35. The SMILES string of the molecule is Cc1ccc(C(NN)c2cccc3c2OCC3)cc1. The zero-order valence-corrected chi connectivity index (χ0v) is 11.0. The van der Waals surface area contributed by atoms with Crippen molar-refractivity contribution in [2.45, 2.75) is 19.4 Å². The van der Waals surface area contributed by atoms with Crippen LogP contribution in [0.1, 0.15) is 28.3 Å². The number of ether oxygens (including phenoxy) is 1. The summed E-state index contributed by atoms with van der Waals surface area (Å²) in [6.07, 6.45) is 0.981. The molecule has 1 aliphatic heterocycles. The van der Waals surface area contributed by atoms with Gasteiger partial charge in [0, 0.05) is 12.0 Å². The number of nitrogens with two attached hydrogens (primary N) is 1. The Balaban J connectivity index is 2.03. The van der Waals surface area contributed by atoms with Crippen molar-refractivity contribution in [2.75, 3.05) is 6.61 Å². The zero-order chi connectivity index (χ0) is 13.2. The summed E-state index contributed by atoms with van der Waals surface area (Å²) in [5.41, 5.74) is 7.68. The Morgan fingerprint density at radius 2 is 1.95 bits per heavy atom. The van der Waals surface area contributed by atoms with Gasteiger partial charge in [-0.1, -0.05) is 48.0 Å². The third-order valence-electron chi connectivity index (χ3n) is 3.63. The van der Waals surface area contributed by atoms with E-state index in [-0.39, 0.29) is 6.04 Å². The summed E-state index contributed by atoms with van der Waals surface area (Å²) in [5, 5.41) is 0. The minimum atomic E-state index is -0.0337. The summed E-state index contributed by atoms with van der Waals surface area (Å²) in [6.45, 7) is 2.84. The quantitative estimate of drug-likeness (QED) is 0.653. The van der Waals surface area contributed by atoms with Crippen LogP contribution in [0.15, 0.2) is 42.5 Å². The van der Waals surface area contributed by atoms with Gasteiger partial charge in [-0.05, 0) is 18.1 Å². The first-order valence-electron chi connectivity index (χ1n) is 6.57. The maximum Gasteiger partial charge on any atom is 0.127 e. The van der Waals surface area contributed by atoms with Gasteiger partial charge in [0.2, 0.25) is 0 Å². The molecule has 1 atom stereocenters. The highest BCUT2D eigenvalue weighted by atomic mass is 16.5. The molecule has 98 valence electrons. The van der Waals surface area contributed by atoms with Crippen molar-refractivity contribution in [3.05, 3.63) is 64.7 Å². The number of hydrazine groups is 1. The second-order valence-electron chi connectivity index (χ2n) is 4.94. The molecule has 0 bridgehead atoms. The number of rotatable bonds is 3. The van der Waals surface area contributed by atoms with Crippen LogP contribution in [0, 0.1) is 6.92 Å². The minimum Gasteiger partial charge on any atom is -0.493 e. The first kappa shape index (κ1) is 12.2.